The Balaban J connectivity index is 0.842. The quantitative estimate of drug-likeness (QED) is 0.113. The molecule has 554 valence electrons. The molecular weight excluding hydrogens is 1500 g/mol. The zero-order valence-corrected chi connectivity index (χ0v) is 66.8. The summed E-state index contributed by atoms with van der Waals surface area (Å²) >= 11 is 5.62. The average molecular weight is 1570 g/mol. The van der Waals surface area contributed by atoms with E-state index in [9.17, 15) is 0 Å². The topological polar surface area (TPSA) is 19.4 Å². The molecule has 11 heteroatoms. The standard InChI is InChI=1S/C108H68B2N6S3/c1-6-33-69(34-7-1)76-43-16-23-51-86(76)113-93-68-94-85(67-84(93)109-82-49-21-25-53-88(82)115(90-55-31-61-102-104(90)80-46-19-28-59-100(80)117-102)97-64-74(63-95(113)106(97)109)111(71-37-10-3-11-38-71)72-39-12-4-13-40-72)110-83-50-22-26-54-89(83)116(91-56-32-62-103-105(91)81-47-20-29-60-101(81)118-103)98-66-75(65-96(107(98)110)114(94)87-52-24-17-44-77(87)70-35-8-2-9-36-70)112(73-41-14-5-15-42-73)92-57-30-48-79-78-45-18-27-58-99(78)119-108(79)92/h1-68H. The van der Waals surface area contributed by atoms with Gasteiger partial charge in [0, 0.05) is 130 Å². The van der Waals surface area contributed by atoms with Crippen LogP contribution in [0.25, 0.3) is 82.8 Å². The number of rotatable bonds is 12. The molecule has 0 saturated carbocycles. The minimum absolute atomic E-state index is 0.286. The van der Waals surface area contributed by atoms with Crippen molar-refractivity contribution in [1.29, 1.82) is 0 Å². The largest absolute Gasteiger partial charge is 0.311 e. The second kappa shape index (κ2) is 27.1. The smallest absolute Gasteiger partial charge is 0.252 e. The molecule has 0 aliphatic carbocycles. The number of para-hydroxylation sites is 7. The third-order valence-electron chi connectivity index (χ3n) is 24.9. The van der Waals surface area contributed by atoms with Crippen LogP contribution in [0.15, 0.2) is 413 Å². The van der Waals surface area contributed by atoms with Gasteiger partial charge in [-0.25, -0.2) is 0 Å². The summed E-state index contributed by atoms with van der Waals surface area (Å²) in [6.07, 6.45) is 0. The van der Waals surface area contributed by atoms with Gasteiger partial charge in [0.2, 0.25) is 0 Å². The Labute approximate surface area is 701 Å². The maximum Gasteiger partial charge on any atom is 0.252 e. The predicted octanol–water partition coefficient (Wildman–Crippen LogP) is 27.2. The van der Waals surface area contributed by atoms with Gasteiger partial charge in [0.25, 0.3) is 13.4 Å². The summed E-state index contributed by atoms with van der Waals surface area (Å²) in [5.74, 6) is 0. The van der Waals surface area contributed by atoms with Crippen molar-refractivity contribution in [1.82, 2.24) is 0 Å². The molecule has 0 bridgehead atoms. The van der Waals surface area contributed by atoms with Crippen LogP contribution in [0.5, 0.6) is 0 Å². The van der Waals surface area contributed by atoms with E-state index in [4.69, 9.17) is 0 Å². The lowest BCUT2D eigenvalue weighted by atomic mass is 9.30. The molecule has 0 spiro atoms. The van der Waals surface area contributed by atoms with Crippen molar-refractivity contribution in [2.24, 2.45) is 0 Å². The molecule has 0 N–H and O–H groups in total. The van der Waals surface area contributed by atoms with Crippen LogP contribution in [0.1, 0.15) is 0 Å². The van der Waals surface area contributed by atoms with Crippen LogP contribution in [-0.4, -0.2) is 13.4 Å². The van der Waals surface area contributed by atoms with Crippen molar-refractivity contribution in [3.8, 4) is 22.3 Å². The van der Waals surface area contributed by atoms with Gasteiger partial charge < -0.3 is 29.4 Å². The van der Waals surface area contributed by atoms with Crippen LogP contribution in [-0.2, 0) is 0 Å². The van der Waals surface area contributed by atoms with Crippen LogP contribution < -0.4 is 62.2 Å². The summed E-state index contributed by atoms with van der Waals surface area (Å²) < 4.78 is 7.50. The van der Waals surface area contributed by atoms with Crippen molar-refractivity contribution in [2.45, 2.75) is 0 Å². The van der Waals surface area contributed by atoms with E-state index in [0.717, 1.165) is 125 Å². The summed E-state index contributed by atoms with van der Waals surface area (Å²) in [7, 11) is 0. The fraction of sp³-hybridized carbons (Fsp3) is 0. The number of benzene rings is 18. The molecule has 0 radical (unpaired) electrons. The molecule has 0 fully saturated rings. The zero-order valence-electron chi connectivity index (χ0n) is 64.3. The van der Waals surface area contributed by atoms with Gasteiger partial charge in [-0.15, -0.1) is 34.0 Å². The van der Waals surface area contributed by atoms with Crippen LogP contribution in [0.2, 0.25) is 0 Å². The lowest BCUT2D eigenvalue weighted by molar-refractivity contribution is 1.22. The zero-order chi connectivity index (χ0) is 77.9. The van der Waals surface area contributed by atoms with E-state index in [0.29, 0.717) is 0 Å². The van der Waals surface area contributed by atoms with E-state index in [1.807, 2.05) is 34.0 Å². The highest BCUT2D eigenvalue weighted by Crippen LogP contribution is 2.57. The van der Waals surface area contributed by atoms with Gasteiger partial charge in [-0.1, -0.05) is 273 Å². The number of fused-ring (bicyclic) bond motifs is 17. The van der Waals surface area contributed by atoms with Gasteiger partial charge in [0.1, 0.15) is 0 Å². The first-order valence-electron chi connectivity index (χ1n) is 40.8. The predicted molar refractivity (Wildman–Crippen MR) is 513 cm³/mol. The number of anilines is 18. The monoisotopic (exact) mass is 1570 g/mol. The highest BCUT2D eigenvalue weighted by atomic mass is 32.1. The van der Waals surface area contributed by atoms with Gasteiger partial charge in [-0.05, 0) is 183 Å². The van der Waals surface area contributed by atoms with E-state index in [1.54, 1.807) is 0 Å². The number of hydrogen-bond acceptors (Lipinski definition) is 9. The molecule has 0 unspecified atom stereocenters. The Kier molecular flexibility index (Phi) is 15.4. The van der Waals surface area contributed by atoms with Crippen molar-refractivity contribution >= 4 is 243 Å². The Hall–Kier alpha value is -14.5. The fourth-order valence-corrected chi connectivity index (χ4v) is 23.6. The molecule has 119 heavy (non-hydrogen) atoms. The summed E-state index contributed by atoms with van der Waals surface area (Å²) in [4.78, 5) is 15.7. The average Bonchev–Trinajstić information content (AvgIpc) is 1.45. The molecular formula is C108H68B2N6S3. The lowest BCUT2D eigenvalue weighted by Gasteiger charge is -2.48. The SMILES string of the molecule is c1ccc(-c2ccccc2N2c3cc4c(cc3B3c5ccccc5N(c5cccc6sc7ccccc7c56)c5cc(N(c6ccccc6)c6ccccc6)cc2c53)B2c3ccccc3N(c3cccc5sc6ccccc6c35)c3cc(N(c5ccccc5)c5cccc6c5sc5ccccc56)cc(c32)N4c2ccccc2-c2ccccc2)cc1. The van der Waals surface area contributed by atoms with Crippen molar-refractivity contribution < 1.29 is 0 Å². The van der Waals surface area contributed by atoms with Gasteiger partial charge in [0.15, 0.2) is 0 Å². The third kappa shape index (κ3) is 10.4. The second-order valence-electron chi connectivity index (χ2n) is 31.3. The van der Waals surface area contributed by atoms with Gasteiger partial charge in [0.05, 0.1) is 44.5 Å². The summed E-state index contributed by atoms with van der Waals surface area (Å²) in [6.45, 7) is -0.582. The van der Waals surface area contributed by atoms with Gasteiger partial charge in [-0.2, -0.15) is 0 Å². The van der Waals surface area contributed by atoms with Crippen molar-refractivity contribution in [2.75, 3.05) is 29.4 Å². The summed E-state index contributed by atoms with van der Waals surface area (Å²) in [5, 5.41) is 7.47. The van der Waals surface area contributed by atoms with Crippen LogP contribution in [0, 0.1) is 0 Å². The Bertz CT molecular complexity index is 7660. The van der Waals surface area contributed by atoms with Crippen molar-refractivity contribution in [3.63, 3.8) is 0 Å². The lowest BCUT2D eigenvalue weighted by Crippen LogP contribution is -2.65. The molecule has 6 nitrogen and oxygen atoms in total. The highest BCUT2D eigenvalue weighted by Gasteiger charge is 2.50. The molecule has 0 saturated heterocycles. The van der Waals surface area contributed by atoms with Crippen molar-refractivity contribution in [3.05, 3.63) is 413 Å². The van der Waals surface area contributed by atoms with Crippen LogP contribution in [0.3, 0.4) is 0 Å². The van der Waals surface area contributed by atoms with Crippen LogP contribution >= 0.6 is 34.0 Å². The molecule has 18 aromatic carbocycles. The summed E-state index contributed by atoms with van der Waals surface area (Å²) in [6, 6.07) is 156. The molecule has 21 aromatic rings. The Morgan fingerprint density at radius 1 is 0.202 bits per heavy atom. The number of nitrogens with zero attached hydrogens (tertiary/aromatic N) is 6. The van der Waals surface area contributed by atoms with E-state index >= 15 is 0 Å². The first-order chi connectivity index (χ1) is 59.1. The first-order valence-corrected chi connectivity index (χ1v) is 43.2. The van der Waals surface area contributed by atoms with Gasteiger partial charge in [-0.3, -0.25) is 0 Å². The molecule has 25 rings (SSSR count). The maximum atomic E-state index is 2.70. The second-order valence-corrected chi connectivity index (χ2v) is 34.5. The highest BCUT2D eigenvalue weighted by molar-refractivity contribution is 7.27. The number of hydrogen-bond donors (Lipinski definition) is 0. The number of thiophene rings is 3. The maximum absolute atomic E-state index is 2.70. The molecule has 7 heterocycles. The van der Waals surface area contributed by atoms with E-state index < -0.39 is 0 Å². The molecule has 4 aliphatic heterocycles. The Morgan fingerprint density at radius 3 is 1.01 bits per heavy atom. The van der Waals surface area contributed by atoms with E-state index in [-0.39, 0.29) is 13.4 Å². The molecule has 0 amide bonds. The van der Waals surface area contributed by atoms with E-state index in [1.165, 1.54) is 93.3 Å². The minimum Gasteiger partial charge on any atom is -0.311 e. The minimum atomic E-state index is -0.296. The fourth-order valence-electron chi connectivity index (χ4n) is 20.1. The third-order valence-corrected chi connectivity index (χ3v) is 28.4. The first kappa shape index (κ1) is 67.8. The Morgan fingerprint density at radius 2 is 0.538 bits per heavy atom. The van der Waals surface area contributed by atoms with Crippen LogP contribution in [0.4, 0.5) is 102 Å². The normalized spacial score (nSPS) is 12.9. The summed E-state index contributed by atoms with van der Waals surface area (Å²) in [5.41, 5.74) is 31.5. The van der Waals surface area contributed by atoms with E-state index in [2.05, 4.69) is 442 Å². The molecule has 4 aliphatic rings. The molecule has 0 atom stereocenters. The molecule has 3 aromatic heterocycles. The van der Waals surface area contributed by atoms with Gasteiger partial charge >= 0.3 is 0 Å².